The Balaban J connectivity index is 1.81. The van der Waals surface area contributed by atoms with E-state index in [0.717, 1.165) is 12.8 Å². The number of carbonyl (C=O) groups excluding carboxylic acids is 1. The number of amides is 1. The van der Waals surface area contributed by atoms with E-state index in [2.05, 4.69) is 0 Å². The molecule has 1 aromatic rings. The van der Waals surface area contributed by atoms with Crippen LogP contribution in [0.2, 0.25) is 0 Å². The average Bonchev–Trinajstić information content (AvgIpc) is 3.37. The number of hydrogen-bond acceptors (Lipinski definition) is 2. The van der Waals surface area contributed by atoms with Crippen molar-refractivity contribution in [2.45, 2.75) is 45.2 Å². The number of benzene rings is 1. The number of hydrogen-bond donors (Lipinski definition) is 0. The summed E-state index contributed by atoms with van der Waals surface area (Å²) in [6, 6.07) is 4.64. The lowest BCUT2D eigenvalue weighted by atomic mass is 9.85. The van der Waals surface area contributed by atoms with Crippen molar-refractivity contribution in [1.82, 2.24) is 4.90 Å². The van der Waals surface area contributed by atoms with Gasteiger partial charge >= 0.3 is 6.18 Å². The highest BCUT2D eigenvalue weighted by molar-refractivity contribution is 5.81. The molecule has 0 unspecified atom stereocenters. The molecule has 25 heavy (non-hydrogen) atoms. The van der Waals surface area contributed by atoms with Gasteiger partial charge < -0.3 is 9.80 Å². The molecule has 0 radical (unpaired) electrons. The molecule has 6 heteroatoms. The summed E-state index contributed by atoms with van der Waals surface area (Å²) in [4.78, 5) is 15.7. The first-order chi connectivity index (χ1) is 11.6. The number of rotatable bonds is 2. The van der Waals surface area contributed by atoms with E-state index in [-0.39, 0.29) is 22.9 Å². The number of piperazine rings is 1. The average molecular weight is 354 g/mol. The van der Waals surface area contributed by atoms with Crippen LogP contribution >= 0.6 is 0 Å². The van der Waals surface area contributed by atoms with Crippen molar-refractivity contribution in [3.63, 3.8) is 0 Å². The molecule has 3 rings (SSSR count). The third kappa shape index (κ3) is 3.93. The summed E-state index contributed by atoms with van der Waals surface area (Å²) in [5, 5.41) is 0. The van der Waals surface area contributed by atoms with E-state index < -0.39 is 11.7 Å². The molecule has 138 valence electrons. The third-order valence-corrected chi connectivity index (χ3v) is 5.03. The maximum absolute atomic E-state index is 13.6. The van der Waals surface area contributed by atoms with Crippen molar-refractivity contribution in [1.29, 1.82) is 0 Å². The highest BCUT2D eigenvalue weighted by Crippen LogP contribution is 2.40. The minimum Gasteiger partial charge on any atom is -0.367 e. The zero-order valence-electron chi connectivity index (χ0n) is 15.0. The predicted molar refractivity (Wildman–Crippen MR) is 91.7 cm³/mol. The Kier molecular flexibility index (Phi) is 4.50. The molecule has 0 N–H and O–H groups in total. The number of carbonyl (C=O) groups is 1. The van der Waals surface area contributed by atoms with Crippen molar-refractivity contribution in [3.8, 4) is 0 Å². The first kappa shape index (κ1) is 18.1. The Bertz CT molecular complexity index is 652. The summed E-state index contributed by atoms with van der Waals surface area (Å²) in [7, 11) is 0. The number of alkyl halides is 3. The second kappa shape index (κ2) is 6.22. The molecule has 1 aromatic carbocycles. The summed E-state index contributed by atoms with van der Waals surface area (Å²) in [5.41, 5.74) is -0.0273. The fraction of sp³-hybridized carbons (Fsp3) is 0.632. The van der Waals surface area contributed by atoms with Gasteiger partial charge in [0.2, 0.25) is 5.91 Å². The zero-order chi connectivity index (χ0) is 18.4. The van der Waals surface area contributed by atoms with Gasteiger partial charge in [-0.15, -0.1) is 0 Å². The lowest BCUT2D eigenvalue weighted by molar-refractivity contribution is -0.137. The molecule has 0 atom stereocenters. The van der Waals surface area contributed by atoms with Crippen LogP contribution in [0.25, 0.3) is 0 Å². The Morgan fingerprint density at radius 1 is 1.04 bits per heavy atom. The van der Waals surface area contributed by atoms with Gasteiger partial charge in [-0.2, -0.15) is 13.2 Å². The number of anilines is 1. The van der Waals surface area contributed by atoms with E-state index in [1.807, 2.05) is 20.8 Å². The van der Waals surface area contributed by atoms with E-state index in [1.165, 1.54) is 6.07 Å². The molecular formula is C19H25F3N2O. The van der Waals surface area contributed by atoms with E-state index in [1.54, 1.807) is 21.9 Å². The monoisotopic (exact) mass is 354 g/mol. The first-order valence-electron chi connectivity index (χ1n) is 8.83. The molecule has 1 aliphatic heterocycles. The Morgan fingerprint density at radius 2 is 1.64 bits per heavy atom. The van der Waals surface area contributed by atoms with Gasteiger partial charge in [0.15, 0.2) is 0 Å². The number of nitrogens with zero attached hydrogens (tertiary/aromatic N) is 2. The van der Waals surface area contributed by atoms with Crippen molar-refractivity contribution in [2.75, 3.05) is 31.1 Å². The van der Waals surface area contributed by atoms with Crippen molar-refractivity contribution in [2.24, 2.45) is 5.92 Å². The summed E-state index contributed by atoms with van der Waals surface area (Å²) >= 11 is 0. The fourth-order valence-electron chi connectivity index (χ4n) is 3.26. The van der Waals surface area contributed by atoms with Crippen molar-refractivity contribution in [3.05, 3.63) is 29.3 Å². The molecule has 0 spiro atoms. The molecule has 0 aromatic heterocycles. The molecule has 1 heterocycles. The van der Waals surface area contributed by atoms with Crippen LogP contribution in [-0.2, 0) is 16.4 Å². The lowest BCUT2D eigenvalue weighted by Crippen LogP contribution is -2.49. The van der Waals surface area contributed by atoms with E-state index >= 15 is 0 Å². The minimum absolute atomic E-state index is 0.156. The van der Waals surface area contributed by atoms with E-state index in [0.29, 0.717) is 31.7 Å². The van der Waals surface area contributed by atoms with Crippen LogP contribution in [-0.4, -0.2) is 37.0 Å². The molecule has 0 bridgehead atoms. The third-order valence-electron chi connectivity index (χ3n) is 5.03. The standard InChI is InChI=1S/C19H25F3N2O/c1-18(2,3)14-6-7-16(15(12-14)19(20,21)22)23-8-10-24(11-9-23)17(25)13-4-5-13/h6-7,12-13H,4-5,8-11H2,1-3H3. The lowest BCUT2D eigenvalue weighted by Gasteiger charge is -2.37. The van der Waals surface area contributed by atoms with Crippen molar-refractivity contribution < 1.29 is 18.0 Å². The number of halogens is 3. The summed E-state index contributed by atoms with van der Waals surface area (Å²) < 4.78 is 40.8. The summed E-state index contributed by atoms with van der Waals surface area (Å²) in [5.74, 6) is 0.321. The molecule has 2 aliphatic rings. The van der Waals surface area contributed by atoms with Crippen LogP contribution in [0, 0.1) is 5.92 Å². The van der Waals surface area contributed by atoms with Gasteiger partial charge in [0.05, 0.1) is 5.56 Å². The zero-order valence-corrected chi connectivity index (χ0v) is 15.0. The van der Waals surface area contributed by atoms with Gasteiger partial charge in [-0.3, -0.25) is 4.79 Å². The molecule has 1 saturated heterocycles. The van der Waals surface area contributed by atoms with E-state index in [4.69, 9.17) is 0 Å². The van der Waals surface area contributed by atoms with Gasteiger partial charge in [0, 0.05) is 37.8 Å². The van der Waals surface area contributed by atoms with Crippen LogP contribution in [0.5, 0.6) is 0 Å². The largest absolute Gasteiger partial charge is 0.418 e. The van der Waals surface area contributed by atoms with Crippen LogP contribution in [0.4, 0.5) is 18.9 Å². The highest BCUT2D eigenvalue weighted by atomic mass is 19.4. The smallest absolute Gasteiger partial charge is 0.367 e. The van der Waals surface area contributed by atoms with Crippen LogP contribution < -0.4 is 4.90 Å². The van der Waals surface area contributed by atoms with Gasteiger partial charge in [-0.25, -0.2) is 0 Å². The predicted octanol–water partition coefficient (Wildman–Crippen LogP) is 4.06. The second-order valence-corrected chi connectivity index (χ2v) is 8.07. The van der Waals surface area contributed by atoms with Gasteiger partial charge in [0.25, 0.3) is 0 Å². The summed E-state index contributed by atoms with van der Waals surface area (Å²) in [6.07, 6.45) is -2.49. The first-order valence-corrected chi connectivity index (χ1v) is 8.83. The SMILES string of the molecule is CC(C)(C)c1ccc(N2CCN(C(=O)C3CC3)CC2)c(C(F)(F)F)c1. The molecule has 1 saturated carbocycles. The van der Waals surface area contributed by atoms with Gasteiger partial charge in [0.1, 0.15) is 0 Å². The Morgan fingerprint density at radius 3 is 2.12 bits per heavy atom. The van der Waals surface area contributed by atoms with Crippen LogP contribution in [0.15, 0.2) is 18.2 Å². The maximum Gasteiger partial charge on any atom is 0.418 e. The molecule has 1 aliphatic carbocycles. The fourth-order valence-corrected chi connectivity index (χ4v) is 3.26. The van der Waals surface area contributed by atoms with Crippen LogP contribution in [0.3, 0.4) is 0 Å². The second-order valence-electron chi connectivity index (χ2n) is 8.07. The quantitative estimate of drug-likeness (QED) is 0.800. The van der Waals surface area contributed by atoms with Gasteiger partial charge in [-0.1, -0.05) is 26.8 Å². The van der Waals surface area contributed by atoms with Gasteiger partial charge in [-0.05, 0) is 36.0 Å². The molecule has 3 nitrogen and oxygen atoms in total. The molecule has 2 fully saturated rings. The topological polar surface area (TPSA) is 23.6 Å². The summed E-state index contributed by atoms with van der Waals surface area (Å²) in [6.45, 7) is 7.59. The van der Waals surface area contributed by atoms with E-state index in [9.17, 15) is 18.0 Å². The normalized spacial score (nSPS) is 19.3. The molecular weight excluding hydrogens is 329 g/mol. The molecule has 1 amide bonds. The Labute approximate surface area is 146 Å². The highest BCUT2D eigenvalue weighted by Gasteiger charge is 2.38. The van der Waals surface area contributed by atoms with Crippen LogP contribution in [0.1, 0.15) is 44.7 Å². The minimum atomic E-state index is -4.39. The maximum atomic E-state index is 13.6. The van der Waals surface area contributed by atoms with Crippen molar-refractivity contribution >= 4 is 11.6 Å². The Hall–Kier alpha value is -1.72.